The number of hydrogen-bond donors (Lipinski definition) is 1. The van der Waals surface area contributed by atoms with Gasteiger partial charge in [0.25, 0.3) is 0 Å². The third-order valence-corrected chi connectivity index (χ3v) is 4.75. The van der Waals surface area contributed by atoms with Crippen LogP contribution in [0.1, 0.15) is 24.4 Å². The largest absolute Gasteiger partial charge is 0.454 e. The summed E-state index contributed by atoms with van der Waals surface area (Å²) in [5.41, 5.74) is 1.69. The zero-order chi connectivity index (χ0) is 16.5. The summed E-state index contributed by atoms with van der Waals surface area (Å²) in [5.74, 6) is 1.35. The van der Waals surface area contributed by atoms with Crippen molar-refractivity contribution >= 4 is 23.3 Å². The number of carbonyl (C=O) groups excluding carboxylic acids is 1. The predicted octanol–water partition coefficient (Wildman–Crippen LogP) is 4.44. The van der Waals surface area contributed by atoms with E-state index >= 15 is 0 Å². The molecule has 4 rings (SSSR count). The number of halogens is 1. The Balaban J connectivity index is 1.52. The molecular formula is C18H17ClN2O3. The van der Waals surface area contributed by atoms with Gasteiger partial charge in [0.05, 0.1) is 6.04 Å². The van der Waals surface area contributed by atoms with Crippen molar-refractivity contribution in [2.45, 2.75) is 18.9 Å². The molecule has 2 aliphatic rings. The normalized spacial score (nSPS) is 18.7. The van der Waals surface area contributed by atoms with E-state index in [2.05, 4.69) is 5.32 Å². The topological polar surface area (TPSA) is 50.8 Å². The molecule has 2 aromatic carbocycles. The number of anilines is 1. The van der Waals surface area contributed by atoms with Gasteiger partial charge in [0.1, 0.15) is 0 Å². The predicted molar refractivity (Wildman–Crippen MR) is 91.7 cm³/mol. The third-order valence-electron chi connectivity index (χ3n) is 4.40. The number of amides is 2. The standard InChI is InChI=1S/C18H17ClN2O3/c19-14-5-2-1-4-13(14)15-6-3-9-21(15)18(22)20-12-7-8-16-17(10-12)24-11-23-16/h1-2,4-5,7-8,10,15H,3,6,9,11H2,(H,20,22). The van der Waals surface area contributed by atoms with E-state index in [4.69, 9.17) is 21.1 Å². The summed E-state index contributed by atoms with van der Waals surface area (Å²) in [4.78, 5) is 14.5. The van der Waals surface area contributed by atoms with Crippen LogP contribution in [0.2, 0.25) is 5.02 Å². The smallest absolute Gasteiger partial charge is 0.322 e. The Labute approximate surface area is 145 Å². The number of urea groups is 1. The van der Waals surface area contributed by atoms with E-state index in [0.29, 0.717) is 28.8 Å². The summed E-state index contributed by atoms with van der Waals surface area (Å²) >= 11 is 6.31. The molecule has 0 spiro atoms. The van der Waals surface area contributed by atoms with Crippen molar-refractivity contribution in [3.05, 3.63) is 53.1 Å². The van der Waals surface area contributed by atoms with E-state index < -0.39 is 0 Å². The molecule has 1 fully saturated rings. The molecule has 5 nitrogen and oxygen atoms in total. The van der Waals surface area contributed by atoms with Crippen molar-refractivity contribution in [3.8, 4) is 11.5 Å². The molecule has 2 aromatic rings. The molecule has 124 valence electrons. The SMILES string of the molecule is O=C(Nc1ccc2c(c1)OCO2)N1CCCC1c1ccccc1Cl. The van der Waals surface area contributed by atoms with Gasteiger partial charge in [-0.15, -0.1) is 0 Å². The second kappa shape index (κ2) is 6.24. The van der Waals surface area contributed by atoms with E-state index in [1.807, 2.05) is 35.2 Å². The van der Waals surface area contributed by atoms with Gasteiger partial charge in [-0.3, -0.25) is 0 Å². The lowest BCUT2D eigenvalue weighted by Crippen LogP contribution is -2.34. The molecular weight excluding hydrogens is 328 g/mol. The fraction of sp³-hybridized carbons (Fsp3) is 0.278. The van der Waals surface area contributed by atoms with Crippen LogP contribution in [-0.2, 0) is 0 Å². The summed E-state index contributed by atoms with van der Waals surface area (Å²) in [7, 11) is 0. The lowest BCUT2D eigenvalue weighted by atomic mass is 10.0. The van der Waals surface area contributed by atoms with Gasteiger partial charge in [0, 0.05) is 23.3 Å². The number of nitrogens with zero attached hydrogens (tertiary/aromatic N) is 1. The Morgan fingerprint density at radius 3 is 2.88 bits per heavy atom. The van der Waals surface area contributed by atoms with Crippen molar-refractivity contribution in [1.29, 1.82) is 0 Å². The van der Waals surface area contributed by atoms with Crippen LogP contribution in [0.15, 0.2) is 42.5 Å². The highest BCUT2D eigenvalue weighted by Crippen LogP contribution is 2.37. The van der Waals surface area contributed by atoms with Crippen molar-refractivity contribution in [3.63, 3.8) is 0 Å². The Kier molecular flexibility index (Phi) is 3.94. The Morgan fingerprint density at radius 2 is 2.00 bits per heavy atom. The molecule has 1 N–H and O–H groups in total. The zero-order valence-electron chi connectivity index (χ0n) is 13.0. The zero-order valence-corrected chi connectivity index (χ0v) is 13.8. The van der Waals surface area contributed by atoms with Gasteiger partial charge >= 0.3 is 6.03 Å². The molecule has 24 heavy (non-hydrogen) atoms. The summed E-state index contributed by atoms with van der Waals surface area (Å²) < 4.78 is 10.6. The van der Waals surface area contributed by atoms with Gasteiger partial charge in [-0.25, -0.2) is 4.79 Å². The van der Waals surface area contributed by atoms with Crippen LogP contribution in [0, 0.1) is 0 Å². The Bertz CT molecular complexity index is 781. The first-order valence-corrected chi connectivity index (χ1v) is 8.32. The van der Waals surface area contributed by atoms with Crippen LogP contribution in [0.3, 0.4) is 0 Å². The summed E-state index contributed by atoms with van der Waals surface area (Å²) in [6.07, 6.45) is 1.88. The highest BCUT2D eigenvalue weighted by atomic mass is 35.5. The molecule has 0 radical (unpaired) electrons. The molecule has 0 aliphatic carbocycles. The number of nitrogens with one attached hydrogen (secondary N) is 1. The molecule has 1 atom stereocenters. The summed E-state index contributed by atoms with van der Waals surface area (Å²) in [6.45, 7) is 0.930. The monoisotopic (exact) mass is 344 g/mol. The number of hydrogen-bond acceptors (Lipinski definition) is 3. The van der Waals surface area contributed by atoms with Crippen LogP contribution in [0.25, 0.3) is 0 Å². The van der Waals surface area contributed by atoms with E-state index in [1.54, 1.807) is 12.1 Å². The molecule has 1 unspecified atom stereocenters. The lowest BCUT2D eigenvalue weighted by Gasteiger charge is -2.26. The van der Waals surface area contributed by atoms with Gasteiger partial charge in [-0.2, -0.15) is 0 Å². The first-order valence-electron chi connectivity index (χ1n) is 7.94. The number of likely N-dealkylation sites (tertiary alicyclic amines) is 1. The summed E-state index contributed by atoms with van der Waals surface area (Å²) in [6, 6.07) is 13.0. The maximum absolute atomic E-state index is 12.7. The van der Waals surface area contributed by atoms with Gasteiger partial charge < -0.3 is 19.7 Å². The summed E-state index contributed by atoms with van der Waals surface area (Å²) in [5, 5.41) is 3.64. The van der Waals surface area contributed by atoms with Gasteiger partial charge in [-0.1, -0.05) is 29.8 Å². The molecule has 1 saturated heterocycles. The van der Waals surface area contributed by atoms with Crippen molar-refractivity contribution in [2.75, 3.05) is 18.7 Å². The van der Waals surface area contributed by atoms with E-state index in [1.165, 1.54) is 0 Å². The fourth-order valence-electron chi connectivity index (χ4n) is 3.25. The van der Waals surface area contributed by atoms with Gasteiger partial charge in [0.2, 0.25) is 6.79 Å². The quantitative estimate of drug-likeness (QED) is 0.876. The molecule has 0 bridgehead atoms. The van der Waals surface area contributed by atoms with Crippen LogP contribution in [0.5, 0.6) is 11.5 Å². The molecule has 0 aromatic heterocycles. The highest BCUT2D eigenvalue weighted by molar-refractivity contribution is 6.31. The van der Waals surface area contributed by atoms with Crippen LogP contribution in [0.4, 0.5) is 10.5 Å². The van der Waals surface area contributed by atoms with Crippen molar-refractivity contribution < 1.29 is 14.3 Å². The molecule has 6 heteroatoms. The molecule has 0 saturated carbocycles. The van der Waals surface area contributed by atoms with Crippen LogP contribution in [-0.4, -0.2) is 24.3 Å². The lowest BCUT2D eigenvalue weighted by molar-refractivity contribution is 0.174. The molecule has 2 heterocycles. The van der Waals surface area contributed by atoms with Crippen molar-refractivity contribution in [2.24, 2.45) is 0 Å². The maximum atomic E-state index is 12.7. The van der Waals surface area contributed by atoms with Gasteiger partial charge in [-0.05, 0) is 36.6 Å². The van der Waals surface area contributed by atoms with E-state index in [9.17, 15) is 4.79 Å². The minimum atomic E-state index is -0.128. The first kappa shape index (κ1) is 15.1. The average Bonchev–Trinajstić information content (AvgIpc) is 3.24. The average molecular weight is 345 g/mol. The second-order valence-corrected chi connectivity index (χ2v) is 6.28. The number of rotatable bonds is 2. The van der Waals surface area contributed by atoms with E-state index in [0.717, 1.165) is 18.4 Å². The maximum Gasteiger partial charge on any atom is 0.322 e. The van der Waals surface area contributed by atoms with Crippen LogP contribution >= 0.6 is 11.6 Å². The van der Waals surface area contributed by atoms with Crippen LogP contribution < -0.4 is 14.8 Å². The number of carbonyl (C=O) groups is 1. The molecule has 2 amide bonds. The van der Waals surface area contributed by atoms with E-state index in [-0.39, 0.29) is 18.9 Å². The Hall–Kier alpha value is -2.40. The first-order chi connectivity index (χ1) is 11.7. The van der Waals surface area contributed by atoms with Crippen molar-refractivity contribution in [1.82, 2.24) is 4.90 Å². The second-order valence-electron chi connectivity index (χ2n) is 5.87. The minimum Gasteiger partial charge on any atom is -0.454 e. The minimum absolute atomic E-state index is 0.00714. The number of fused-ring (bicyclic) bond motifs is 1. The number of benzene rings is 2. The number of ether oxygens (including phenoxy) is 2. The fourth-order valence-corrected chi connectivity index (χ4v) is 3.51. The highest BCUT2D eigenvalue weighted by Gasteiger charge is 2.31. The Morgan fingerprint density at radius 1 is 1.17 bits per heavy atom. The third kappa shape index (κ3) is 2.76. The van der Waals surface area contributed by atoms with Gasteiger partial charge in [0.15, 0.2) is 11.5 Å². The molecule has 2 aliphatic heterocycles.